The quantitative estimate of drug-likeness (QED) is 0.0452. The Hall–Kier alpha value is -1.03. The average molecular weight is 611 g/mol. The van der Waals surface area contributed by atoms with Crippen LogP contribution in [0.3, 0.4) is 0 Å². The highest BCUT2D eigenvalue weighted by atomic mass is 31.2. The van der Waals surface area contributed by atoms with E-state index in [-0.39, 0.29) is 19.4 Å². The first-order chi connectivity index (χ1) is 19.7. The summed E-state index contributed by atoms with van der Waals surface area (Å²) in [6, 6.07) is 0. The number of aliphatic hydroxyl groups excluding tert-OH is 2. The molecule has 0 aliphatic heterocycles. The third-order valence-electron chi connectivity index (χ3n) is 6.76. The fraction of sp³-hybridized carbons (Fsp3) is 0.933. The first-order valence-electron chi connectivity index (χ1n) is 16.0. The van der Waals surface area contributed by atoms with Crippen molar-refractivity contribution in [1.29, 1.82) is 0 Å². The van der Waals surface area contributed by atoms with Crippen LogP contribution in [0.15, 0.2) is 0 Å². The van der Waals surface area contributed by atoms with Crippen LogP contribution >= 0.6 is 7.82 Å². The van der Waals surface area contributed by atoms with E-state index in [2.05, 4.69) is 18.4 Å². The molecule has 1 unspecified atom stereocenters. The van der Waals surface area contributed by atoms with Gasteiger partial charge >= 0.3 is 19.8 Å². The minimum Gasteiger partial charge on any atom is -0.462 e. The number of esters is 2. The first kappa shape index (κ1) is 40.0. The van der Waals surface area contributed by atoms with Crippen LogP contribution in [-0.2, 0) is 32.7 Å². The van der Waals surface area contributed by atoms with Gasteiger partial charge < -0.3 is 24.6 Å². The molecule has 41 heavy (non-hydrogen) atoms. The van der Waals surface area contributed by atoms with Gasteiger partial charge in [0.15, 0.2) is 6.10 Å². The van der Waals surface area contributed by atoms with Crippen molar-refractivity contribution in [3.8, 4) is 0 Å². The van der Waals surface area contributed by atoms with E-state index in [1.807, 2.05) is 0 Å². The van der Waals surface area contributed by atoms with Crippen molar-refractivity contribution >= 4 is 19.8 Å². The molecule has 0 aromatic rings. The summed E-state index contributed by atoms with van der Waals surface area (Å²) < 4.78 is 32.2. The predicted octanol–water partition coefficient (Wildman–Crippen LogP) is 6.77. The molecule has 0 aliphatic rings. The molecule has 244 valence electrons. The van der Waals surface area contributed by atoms with Gasteiger partial charge in [-0.2, -0.15) is 0 Å². The molecule has 0 saturated carbocycles. The lowest BCUT2D eigenvalue weighted by molar-refractivity contribution is -0.161. The number of hydrogen-bond donors (Lipinski definition) is 3. The van der Waals surface area contributed by atoms with Crippen LogP contribution in [0.25, 0.3) is 0 Å². The molecule has 0 spiro atoms. The number of phosphoric ester groups is 1. The Morgan fingerprint density at radius 1 is 0.634 bits per heavy atom. The Balaban J connectivity index is 4.36. The summed E-state index contributed by atoms with van der Waals surface area (Å²) in [7, 11) is -4.59. The normalized spacial score (nSPS) is 14.4. The Kier molecular flexibility index (Phi) is 27.1. The number of hydrogen-bond acceptors (Lipinski definition) is 9. The van der Waals surface area contributed by atoms with Gasteiger partial charge in [0.2, 0.25) is 0 Å². The van der Waals surface area contributed by atoms with E-state index in [1.54, 1.807) is 0 Å². The minimum atomic E-state index is -4.59. The molecule has 0 radical (unpaired) electrons. The molecule has 11 heteroatoms. The lowest BCUT2D eigenvalue weighted by atomic mass is 10.0. The Morgan fingerprint density at radius 2 is 1.05 bits per heavy atom. The molecule has 3 N–H and O–H groups in total. The second kappa shape index (κ2) is 27.8. The molecule has 0 amide bonds. The first-order valence-corrected chi connectivity index (χ1v) is 17.5. The Morgan fingerprint density at radius 3 is 1.51 bits per heavy atom. The van der Waals surface area contributed by atoms with Crippen molar-refractivity contribution in [3.63, 3.8) is 0 Å². The van der Waals surface area contributed by atoms with Crippen LogP contribution in [0.2, 0.25) is 0 Å². The second-order valence-electron chi connectivity index (χ2n) is 10.8. The van der Waals surface area contributed by atoms with E-state index in [0.717, 1.165) is 44.9 Å². The summed E-state index contributed by atoms with van der Waals surface area (Å²) in [5.74, 6) is -0.935. The van der Waals surface area contributed by atoms with Crippen LogP contribution in [-0.4, -0.2) is 65.7 Å². The van der Waals surface area contributed by atoms with Gasteiger partial charge in [-0.1, -0.05) is 117 Å². The van der Waals surface area contributed by atoms with Crippen LogP contribution < -0.4 is 0 Å². The maximum atomic E-state index is 12.4. The van der Waals surface area contributed by atoms with Gasteiger partial charge in [-0.3, -0.25) is 18.6 Å². The highest BCUT2D eigenvalue weighted by Crippen LogP contribution is 2.43. The molecule has 3 atom stereocenters. The fourth-order valence-corrected chi connectivity index (χ4v) is 5.02. The fourth-order valence-electron chi connectivity index (χ4n) is 4.23. The van der Waals surface area contributed by atoms with Gasteiger partial charge in [-0.05, 0) is 12.8 Å². The summed E-state index contributed by atoms with van der Waals surface area (Å²) in [4.78, 5) is 34.3. The molecular formula is C30H59O10P. The summed E-state index contributed by atoms with van der Waals surface area (Å²) >= 11 is 0. The standard InChI is InChI=1S/C30H59O10P/c1-3-5-7-9-10-11-12-13-14-15-16-18-20-22-30(34)40-28(25-37-29(33)21-19-17-8-6-4-2)26-39-41(35,36)38-24-27(32)23-31/h27-28,31-32H,3-26H2,1-2H3,(H,35,36)/t27-,28+/m0/s1. The zero-order valence-corrected chi connectivity index (χ0v) is 26.7. The molecule has 0 fully saturated rings. The summed E-state index contributed by atoms with van der Waals surface area (Å²) in [5, 5.41) is 18.1. The molecular weight excluding hydrogens is 551 g/mol. The predicted molar refractivity (Wildman–Crippen MR) is 159 cm³/mol. The molecule has 0 saturated heterocycles. The highest BCUT2D eigenvalue weighted by Gasteiger charge is 2.27. The molecule has 0 aliphatic carbocycles. The molecule has 0 bridgehead atoms. The Labute approximate surface area is 248 Å². The maximum absolute atomic E-state index is 12.4. The third-order valence-corrected chi connectivity index (χ3v) is 7.71. The molecule has 0 rings (SSSR count). The number of aliphatic hydroxyl groups is 2. The van der Waals surface area contributed by atoms with Gasteiger partial charge in [-0.15, -0.1) is 0 Å². The number of ether oxygens (including phenoxy) is 2. The maximum Gasteiger partial charge on any atom is 0.472 e. The average Bonchev–Trinajstić information content (AvgIpc) is 2.95. The van der Waals surface area contributed by atoms with Crippen LogP contribution in [0, 0.1) is 0 Å². The topological polar surface area (TPSA) is 149 Å². The SMILES string of the molecule is CCCCCCCCCCCCCCCC(=O)O[C@H](COC(=O)CCCCCCC)COP(=O)(O)OC[C@@H](O)CO. The van der Waals surface area contributed by atoms with Crippen molar-refractivity contribution < 1.29 is 47.8 Å². The van der Waals surface area contributed by atoms with E-state index in [4.69, 9.17) is 19.1 Å². The van der Waals surface area contributed by atoms with Crippen molar-refractivity contribution in [2.24, 2.45) is 0 Å². The number of phosphoric acid groups is 1. The summed E-state index contributed by atoms with van der Waals surface area (Å²) in [5.41, 5.74) is 0. The monoisotopic (exact) mass is 610 g/mol. The minimum absolute atomic E-state index is 0.190. The molecule has 0 heterocycles. The largest absolute Gasteiger partial charge is 0.472 e. The summed E-state index contributed by atoms with van der Waals surface area (Å²) in [6.07, 6.45) is 18.4. The third kappa shape index (κ3) is 27.5. The molecule has 0 aromatic heterocycles. The van der Waals surface area contributed by atoms with Crippen LogP contribution in [0.1, 0.15) is 142 Å². The van der Waals surface area contributed by atoms with E-state index in [0.29, 0.717) is 12.8 Å². The highest BCUT2D eigenvalue weighted by molar-refractivity contribution is 7.47. The van der Waals surface area contributed by atoms with Crippen LogP contribution in [0.5, 0.6) is 0 Å². The lowest BCUT2D eigenvalue weighted by Gasteiger charge is -2.20. The van der Waals surface area contributed by atoms with Gasteiger partial charge in [0.1, 0.15) is 12.7 Å². The van der Waals surface area contributed by atoms with E-state index in [9.17, 15) is 24.2 Å². The molecule has 10 nitrogen and oxygen atoms in total. The van der Waals surface area contributed by atoms with Gasteiger partial charge in [0, 0.05) is 12.8 Å². The number of rotatable bonds is 30. The van der Waals surface area contributed by atoms with E-state index < -0.39 is 51.8 Å². The summed E-state index contributed by atoms with van der Waals surface area (Å²) in [6.45, 7) is 2.25. The van der Waals surface area contributed by atoms with Crippen molar-refractivity contribution in [2.45, 2.75) is 154 Å². The zero-order chi connectivity index (χ0) is 30.6. The number of unbranched alkanes of at least 4 members (excludes halogenated alkanes) is 16. The molecule has 0 aromatic carbocycles. The van der Waals surface area contributed by atoms with Gasteiger partial charge in [0.05, 0.1) is 19.8 Å². The number of carbonyl (C=O) groups excluding carboxylic acids is 2. The van der Waals surface area contributed by atoms with Crippen molar-refractivity contribution in [1.82, 2.24) is 0 Å². The van der Waals surface area contributed by atoms with Gasteiger partial charge in [-0.25, -0.2) is 4.57 Å². The van der Waals surface area contributed by atoms with Gasteiger partial charge in [0.25, 0.3) is 0 Å². The van der Waals surface area contributed by atoms with E-state index in [1.165, 1.54) is 57.8 Å². The Bertz CT molecular complexity index is 676. The van der Waals surface area contributed by atoms with E-state index >= 15 is 0 Å². The van der Waals surface area contributed by atoms with Crippen LogP contribution in [0.4, 0.5) is 0 Å². The van der Waals surface area contributed by atoms with Crippen molar-refractivity contribution in [2.75, 3.05) is 26.4 Å². The van der Waals surface area contributed by atoms with Crippen molar-refractivity contribution in [3.05, 3.63) is 0 Å². The number of carbonyl (C=O) groups is 2. The lowest BCUT2D eigenvalue weighted by Crippen LogP contribution is -2.29. The second-order valence-corrected chi connectivity index (χ2v) is 12.3. The smallest absolute Gasteiger partial charge is 0.462 e. The zero-order valence-electron chi connectivity index (χ0n) is 25.8.